The highest BCUT2D eigenvalue weighted by molar-refractivity contribution is 9.10. The maximum atomic E-state index is 14.0. The van der Waals surface area contributed by atoms with E-state index < -0.39 is 28.5 Å². The summed E-state index contributed by atoms with van der Waals surface area (Å²) in [6.07, 6.45) is 1.99. The fourth-order valence-corrected chi connectivity index (χ4v) is 5.55. The van der Waals surface area contributed by atoms with Crippen molar-refractivity contribution in [2.24, 2.45) is 0 Å². The van der Waals surface area contributed by atoms with Gasteiger partial charge in [-0.05, 0) is 47.9 Å². The number of sulfonamides is 1. The van der Waals surface area contributed by atoms with Crippen LogP contribution in [0, 0.1) is 0 Å². The first kappa shape index (κ1) is 30.9. The Hall–Kier alpha value is -2.59. The maximum absolute atomic E-state index is 14.0. The van der Waals surface area contributed by atoms with Crippen molar-refractivity contribution in [3.05, 3.63) is 98.4 Å². The van der Waals surface area contributed by atoms with Crippen LogP contribution in [-0.2, 0) is 32.6 Å². The lowest BCUT2D eigenvalue weighted by molar-refractivity contribution is -0.140. The molecule has 0 spiro atoms. The van der Waals surface area contributed by atoms with Crippen molar-refractivity contribution >= 4 is 66.7 Å². The Bertz CT molecular complexity index is 1410. The Balaban J connectivity index is 2.06. The van der Waals surface area contributed by atoms with Gasteiger partial charge in [0.1, 0.15) is 12.6 Å². The highest BCUT2D eigenvalue weighted by Crippen LogP contribution is 2.26. The Morgan fingerprint density at radius 3 is 2.28 bits per heavy atom. The molecule has 0 fully saturated rings. The van der Waals surface area contributed by atoms with Gasteiger partial charge in [-0.15, -0.1) is 0 Å². The van der Waals surface area contributed by atoms with Gasteiger partial charge in [0.25, 0.3) is 0 Å². The molecule has 0 aliphatic carbocycles. The fourth-order valence-electron chi connectivity index (χ4n) is 4.00. The second kappa shape index (κ2) is 14.2. The molecule has 0 bridgehead atoms. The predicted molar refractivity (Wildman–Crippen MR) is 161 cm³/mol. The Labute approximate surface area is 248 Å². The van der Waals surface area contributed by atoms with Gasteiger partial charge in [-0.3, -0.25) is 13.9 Å². The molecule has 1 N–H and O–H groups in total. The molecule has 0 saturated carbocycles. The zero-order valence-electron chi connectivity index (χ0n) is 21.6. The number of carbonyl (C=O) groups excluding carboxylic acids is 2. The maximum Gasteiger partial charge on any atom is 0.244 e. The molecule has 3 aromatic carbocycles. The molecule has 0 aliphatic heterocycles. The number of anilines is 1. The zero-order chi connectivity index (χ0) is 28.6. The first-order valence-electron chi connectivity index (χ1n) is 12.3. The van der Waals surface area contributed by atoms with Crippen LogP contribution in [0.25, 0.3) is 0 Å². The van der Waals surface area contributed by atoms with E-state index in [1.165, 1.54) is 4.90 Å². The van der Waals surface area contributed by atoms with Crippen LogP contribution in [-0.4, -0.2) is 50.5 Å². The van der Waals surface area contributed by atoms with Gasteiger partial charge in [0.15, 0.2) is 0 Å². The number of benzene rings is 3. The smallest absolute Gasteiger partial charge is 0.244 e. The van der Waals surface area contributed by atoms with Crippen molar-refractivity contribution in [1.29, 1.82) is 0 Å². The van der Waals surface area contributed by atoms with Crippen LogP contribution >= 0.6 is 39.1 Å². The van der Waals surface area contributed by atoms with E-state index >= 15 is 0 Å². The normalized spacial score (nSPS) is 12.0. The first-order chi connectivity index (χ1) is 18.5. The molecule has 1 atom stereocenters. The van der Waals surface area contributed by atoms with E-state index in [-0.39, 0.29) is 18.9 Å². The number of halogens is 3. The lowest BCUT2D eigenvalue weighted by Gasteiger charge is -2.33. The van der Waals surface area contributed by atoms with Crippen LogP contribution in [0.4, 0.5) is 5.69 Å². The van der Waals surface area contributed by atoms with Gasteiger partial charge >= 0.3 is 0 Å². The SMILES string of the molecule is CCCNC(=O)C(Cc1ccccc1)N(Cc1ccc(Cl)c(Cl)c1)C(=O)CN(c1cccc(Br)c1)S(C)(=O)=O. The quantitative estimate of drug-likeness (QED) is 0.272. The molecule has 39 heavy (non-hydrogen) atoms. The third-order valence-corrected chi connectivity index (χ3v) is 8.31. The van der Waals surface area contributed by atoms with E-state index in [4.69, 9.17) is 23.2 Å². The van der Waals surface area contributed by atoms with Gasteiger partial charge < -0.3 is 10.2 Å². The average molecular weight is 655 g/mol. The summed E-state index contributed by atoms with van der Waals surface area (Å²) in [6.45, 7) is 1.89. The minimum atomic E-state index is -3.84. The van der Waals surface area contributed by atoms with Crippen molar-refractivity contribution in [1.82, 2.24) is 10.2 Å². The summed E-state index contributed by atoms with van der Waals surface area (Å²) in [4.78, 5) is 28.9. The molecule has 11 heteroatoms. The highest BCUT2D eigenvalue weighted by atomic mass is 79.9. The second-order valence-corrected chi connectivity index (χ2v) is 12.7. The average Bonchev–Trinajstić information content (AvgIpc) is 2.89. The van der Waals surface area contributed by atoms with Gasteiger partial charge in [0.05, 0.1) is 22.0 Å². The van der Waals surface area contributed by atoms with Crippen LogP contribution in [0.2, 0.25) is 10.0 Å². The van der Waals surface area contributed by atoms with E-state index in [0.717, 1.165) is 22.5 Å². The summed E-state index contributed by atoms with van der Waals surface area (Å²) in [5.74, 6) is -0.874. The molecule has 2 amide bonds. The van der Waals surface area contributed by atoms with Gasteiger partial charge in [-0.1, -0.05) is 88.5 Å². The molecule has 0 aliphatic rings. The van der Waals surface area contributed by atoms with Gasteiger partial charge in [0, 0.05) is 24.0 Å². The lowest BCUT2D eigenvalue weighted by Crippen LogP contribution is -2.53. The zero-order valence-corrected chi connectivity index (χ0v) is 25.5. The number of hydrogen-bond acceptors (Lipinski definition) is 4. The lowest BCUT2D eigenvalue weighted by atomic mass is 10.0. The Morgan fingerprint density at radius 2 is 1.67 bits per heavy atom. The van der Waals surface area contributed by atoms with Crippen molar-refractivity contribution in [3.63, 3.8) is 0 Å². The van der Waals surface area contributed by atoms with Gasteiger partial charge in [-0.2, -0.15) is 0 Å². The molecule has 0 heterocycles. The topological polar surface area (TPSA) is 86.8 Å². The van der Waals surface area contributed by atoms with Crippen LogP contribution in [0.1, 0.15) is 24.5 Å². The Kier molecular flexibility index (Phi) is 11.2. The summed E-state index contributed by atoms with van der Waals surface area (Å²) in [5.41, 5.74) is 1.82. The molecular weight excluding hydrogens is 625 g/mol. The van der Waals surface area contributed by atoms with Crippen LogP contribution in [0.5, 0.6) is 0 Å². The molecule has 7 nitrogen and oxygen atoms in total. The van der Waals surface area contributed by atoms with Crippen molar-refractivity contribution in [2.75, 3.05) is 23.7 Å². The van der Waals surface area contributed by atoms with Gasteiger partial charge in [0.2, 0.25) is 21.8 Å². The fraction of sp³-hybridized carbons (Fsp3) is 0.286. The van der Waals surface area contributed by atoms with Crippen LogP contribution in [0.3, 0.4) is 0 Å². The van der Waals surface area contributed by atoms with E-state index in [1.807, 2.05) is 37.3 Å². The molecule has 3 rings (SSSR count). The van der Waals surface area contributed by atoms with Crippen LogP contribution in [0.15, 0.2) is 77.3 Å². The molecule has 0 saturated heterocycles. The monoisotopic (exact) mass is 653 g/mol. The number of amides is 2. The van der Waals surface area contributed by atoms with E-state index in [0.29, 0.717) is 32.3 Å². The second-order valence-electron chi connectivity index (χ2n) is 9.02. The van der Waals surface area contributed by atoms with E-state index in [9.17, 15) is 18.0 Å². The van der Waals surface area contributed by atoms with Gasteiger partial charge in [-0.25, -0.2) is 8.42 Å². The predicted octanol–water partition coefficient (Wildman–Crippen LogP) is 5.69. The van der Waals surface area contributed by atoms with E-state index in [2.05, 4.69) is 21.2 Å². The number of nitrogens with one attached hydrogen (secondary N) is 1. The molecule has 0 radical (unpaired) electrons. The molecule has 3 aromatic rings. The molecular formula is C28H30BrCl2N3O4S. The summed E-state index contributed by atoms with van der Waals surface area (Å²) in [6, 6.07) is 20.1. The third-order valence-electron chi connectivity index (χ3n) is 5.93. The summed E-state index contributed by atoms with van der Waals surface area (Å²) in [7, 11) is -3.84. The van der Waals surface area contributed by atoms with Crippen molar-refractivity contribution in [3.8, 4) is 0 Å². The van der Waals surface area contributed by atoms with E-state index in [1.54, 1.807) is 42.5 Å². The number of carbonyl (C=O) groups is 2. The van der Waals surface area contributed by atoms with Crippen LogP contribution < -0.4 is 9.62 Å². The summed E-state index contributed by atoms with van der Waals surface area (Å²) >= 11 is 15.7. The minimum absolute atomic E-state index is 0.0167. The number of hydrogen-bond donors (Lipinski definition) is 1. The van der Waals surface area contributed by atoms with Crippen molar-refractivity contribution in [2.45, 2.75) is 32.4 Å². The number of nitrogens with zero attached hydrogens (tertiary/aromatic N) is 2. The number of rotatable bonds is 12. The standard InChI is InChI=1S/C28H30BrCl2N3O4S/c1-3-14-32-28(36)26(16-20-8-5-4-6-9-20)33(18-21-12-13-24(30)25(31)15-21)27(35)19-34(39(2,37)38)23-11-7-10-22(29)17-23/h4-13,15,17,26H,3,14,16,18-19H2,1-2H3,(H,32,36). The summed E-state index contributed by atoms with van der Waals surface area (Å²) < 4.78 is 27.3. The Morgan fingerprint density at radius 1 is 0.949 bits per heavy atom. The third kappa shape index (κ3) is 8.96. The van der Waals surface area contributed by atoms with Crippen molar-refractivity contribution < 1.29 is 18.0 Å². The minimum Gasteiger partial charge on any atom is -0.354 e. The highest BCUT2D eigenvalue weighted by Gasteiger charge is 2.33. The molecule has 1 unspecified atom stereocenters. The largest absolute Gasteiger partial charge is 0.354 e. The molecule has 0 aromatic heterocycles. The first-order valence-corrected chi connectivity index (χ1v) is 15.7. The molecule has 208 valence electrons. The summed E-state index contributed by atoms with van der Waals surface area (Å²) in [5, 5.41) is 3.57.